The molecular weight excluding hydrogens is 214 g/mol. The molecule has 1 atom stereocenters. The molecule has 92 valence electrons. The Morgan fingerprint density at radius 2 is 1.73 bits per heavy atom. The van der Waals surface area contributed by atoms with Crippen molar-refractivity contribution in [3.63, 3.8) is 0 Å². The minimum Gasteiger partial charge on any atom is -0.392 e. The molecule has 15 heavy (non-hydrogen) atoms. The fourth-order valence-corrected chi connectivity index (χ4v) is 1.92. The van der Waals surface area contributed by atoms with Gasteiger partial charge in [0.25, 0.3) is 0 Å². The number of rotatable bonds is 5. The molecule has 0 aromatic rings. The van der Waals surface area contributed by atoms with E-state index in [4.69, 9.17) is 0 Å². The smallest absolute Gasteiger partial charge is 0.214 e. The summed E-state index contributed by atoms with van der Waals surface area (Å²) in [4.78, 5) is 0. The molecular formula is C10H23NO3S. The van der Waals surface area contributed by atoms with E-state index >= 15 is 0 Å². The van der Waals surface area contributed by atoms with Crippen LogP contribution in [0.4, 0.5) is 0 Å². The van der Waals surface area contributed by atoms with Gasteiger partial charge in [0, 0.05) is 6.54 Å². The van der Waals surface area contributed by atoms with Crippen molar-refractivity contribution in [2.75, 3.05) is 6.54 Å². The summed E-state index contributed by atoms with van der Waals surface area (Å²) < 4.78 is 25.2. The maximum Gasteiger partial charge on any atom is 0.214 e. The number of sulfonamides is 1. The second-order valence-electron chi connectivity index (χ2n) is 5.36. The molecule has 0 bridgehead atoms. The van der Waals surface area contributed by atoms with E-state index in [1.54, 1.807) is 13.8 Å². The molecule has 0 aromatic heterocycles. The quantitative estimate of drug-likeness (QED) is 0.753. The maximum absolute atomic E-state index is 11.4. The van der Waals surface area contributed by atoms with E-state index in [9.17, 15) is 13.5 Å². The van der Waals surface area contributed by atoms with Crippen LogP contribution in [0, 0.1) is 5.41 Å². The van der Waals surface area contributed by atoms with Crippen molar-refractivity contribution in [3.05, 3.63) is 0 Å². The van der Waals surface area contributed by atoms with Crippen molar-refractivity contribution < 1.29 is 13.5 Å². The van der Waals surface area contributed by atoms with Gasteiger partial charge in [-0.1, -0.05) is 20.8 Å². The zero-order valence-electron chi connectivity index (χ0n) is 10.2. The molecule has 0 heterocycles. The molecule has 0 rings (SSSR count). The van der Waals surface area contributed by atoms with E-state index in [0.717, 1.165) is 0 Å². The largest absolute Gasteiger partial charge is 0.392 e. The molecule has 0 saturated carbocycles. The van der Waals surface area contributed by atoms with Gasteiger partial charge < -0.3 is 5.11 Å². The van der Waals surface area contributed by atoms with Gasteiger partial charge in [0.1, 0.15) is 0 Å². The lowest BCUT2D eigenvalue weighted by atomic mass is 9.89. The molecule has 0 amide bonds. The minimum atomic E-state index is -3.26. The monoisotopic (exact) mass is 237 g/mol. The van der Waals surface area contributed by atoms with E-state index in [0.29, 0.717) is 6.42 Å². The highest BCUT2D eigenvalue weighted by atomic mass is 32.2. The first-order valence-electron chi connectivity index (χ1n) is 5.21. The number of aliphatic hydroxyl groups excluding tert-OH is 1. The first-order chi connectivity index (χ1) is 6.54. The standard InChI is InChI=1S/C10H23NO3S/c1-8(2)15(13,14)11-7-9(12)6-10(3,4)5/h8-9,11-12H,6-7H2,1-5H3. The normalized spacial score (nSPS) is 15.7. The third-order valence-corrected chi connectivity index (χ3v) is 3.80. The summed E-state index contributed by atoms with van der Waals surface area (Å²) >= 11 is 0. The van der Waals surface area contributed by atoms with Crippen LogP contribution < -0.4 is 4.72 Å². The van der Waals surface area contributed by atoms with Gasteiger partial charge in [0.15, 0.2) is 0 Å². The van der Waals surface area contributed by atoms with Gasteiger partial charge in [-0.2, -0.15) is 0 Å². The Morgan fingerprint density at radius 3 is 2.07 bits per heavy atom. The van der Waals surface area contributed by atoms with Gasteiger partial charge >= 0.3 is 0 Å². The Kier molecular flexibility index (Phi) is 5.23. The van der Waals surface area contributed by atoms with Crippen molar-refractivity contribution in [1.29, 1.82) is 0 Å². The van der Waals surface area contributed by atoms with Crippen LogP contribution >= 0.6 is 0 Å². The van der Waals surface area contributed by atoms with E-state index in [2.05, 4.69) is 4.72 Å². The number of nitrogens with one attached hydrogen (secondary N) is 1. The number of hydrogen-bond donors (Lipinski definition) is 2. The average Bonchev–Trinajstić information content (AvgIpc) is 1.97. The van der Waals surface area contributed by atoms with Crippen molar-refractivity contribution in [2.45, 2.75) is 52.4 Å². The zero-order valence-corrected chi connectivity index (χ0v) is 11.1. The Bertz CT molecular complexity index is 278. The van der Waals surface area contributed by atoms with Gasteiger partial charge in [-0.25, -0.2) is 13.1 Å². The number of hydrogen-bond acceptors (Lipinski definition) is 3. The first kappa shape index (κ1) is 14.9. The summed E-state index contributed by atoms with van der Waals surface area (Å²) in [7, 11) is -3.26. The average molecular weight is 237 g/mol. The maximum atomic E-state index is 11.4. The molecule has 0 radical (unpaired) electrons. The lowest BCUT2D eigenvalue weighted by Crippen LogP contribution is -2.37. The Balaban J connectivity index is 4.08. The lowest BCUT2D eigenvalue weighted by molar-refractivity contribution is 0.125. The van der Waals surface area contributed by atoms with Gasteiger partial charge in [-0.05, 0) is 25.7 Å². The third-order valence-electron chi connectivity index (χ3n) is 1.99. The summed E-state index contributed by atoms with van der Waals surface area (Å²) in [6.07, 6.45) is -0.0494. The topological polar surface area (TPSA) is 66.4 Å². The lowest BCUT2D eigenvalue weighted by Gasteiger charge is -2.22. The van der Waals surface area contributed by atoms with Gasteiger partial charge in [-0.15, -0.1) is 0 Å². The van der Waals surface area contributed by atoms with Crippen molar-refractivity contribution in [1.82, 2.24) is 4.72 Å². The summed E-state index contributed by atoms with van der Waals surface area (Å²) in [6.45, 7) is 9.34. The molecule has 0 saturated heterocycles. The van der Waals surface area contributed by atoms with E-state index < -0.39 is 21.4 Å². The fraction of sp³-hybridized carbons (Fsp3) is 1.00. The first-order valence-corrected chi connectivity index (χ1v) is 6.76. The highest BCUT2D eigenvalue weighted by Crippen LogP contribution is 2.20. The minimum absolute atomic E-state index is 0.00267. The Labute approximate surface area is 93.1 Å². The molecule has 0 spiro atoms. The molecule has 5 heteroatoms. The van der Waals surface area contributed by atoms with Crippen LogP contribution in [-0.4, -0.2) is 31.4 Å². The highest BCUT2D eigenvalue weighted by molar-refractivity contribution is 7.90. The molecule has 0 aliphatic heterocycles. The van der Waals surface area contributed by atoms with Crippen LogP contribution in [-0.2, 0) is 10.0 Å². The second kappa shape index (κ2) is 5.27. The van der Waals surface area contributed by atoms with Crippen LogP contribution in [0.2, 0.25) is 0 Å². The Morgan fingerprint density at radius 1 is 1.27 bits per heavy atom. The van der Waals surface area contributed by atoms with Crippen LogP contribution in [0.25, 0.3) is 0 Å². The fourth-order valence-electron chi connectivity index (χ4n) is 1.16. The molecule has 4 nitrogen and oxygen atoms in total. The van der Waals surface area contributed by atoms with Crippen molar-refractivity contribution in [3.8, 4) is 0 Å². The summed E-state index contributed by atoms with van der Waals surface area (Å²) in [6, 6.07) is 0. The molecule has 2 N–H and O–H groups in total. The van der Waals surface area contributed by atoms with Crippen LogP contribution in [0.5, 0.6) is 0 Å². The third kappa shape index (κ3) is 6.87. The van der Waals surface area contributed by atoms with Crippen molar-refractivity contribution >= 4 is 10.0 Å². The predicted octanol–water partition coefficient (Wildman–Crippen LogP) is 1.11. The zero-order chi connectivity index (χ0) is 12.3. The van der Waals surface area contributed by atoms with E-state index in [1.165, 1.54) is 0 Å². The van der Waals surface area contributed by atoms with E-state index in [1.807, 2.05) is 20.8 Å². The molecule has 0 aliphatic carbocycles. The number of aliphatic hydroxyl groups is 1. The molecule has 1 unspecified atom stereocenters. The molecule has 0 fully saturated rings. The van der Waals surface area contributed by atoms with Crippen LogP contribution in [0.1, 0.15) is 41.0 Å². The Hall–Kier alpha value is -0.130. The summed E-state index contributed by atoms with van der Waals surface area (Å²) in [5.41, 5.74) is 0.00267. The predicted molar refractivity (Wildman–Crippen MR) is 62.1 cm³/mol. The summed E-state index contributed by atoms with van der Waals surface area (Å²) in [5.74, 6) is 0. The molecule has 0 aromatic carbocycles. The SMILES string of the molecule is CC(C)S(=O)(=O)NCC(O)CC(C)(C)C. The second-order valence-corrected chi connectivity index (χ2v) is 7.68. The van der Waals surface area contributed by atoms with Crippen LogP contribution in [0.15, 0.2) is 0 Å². The van der Waals surface area contributed by atoms with Gasteiger partial charge in [0.05, 0.1) is 11.4 Å². The van der Waals surface area contributed by atoms with E-state index in [-0.39, 0.29) is 12.0 Å². The summed E-state index contributed by atoms with van der Waals surface area (Å²) in [5, 5.41) is 9.14. The van der Waals surface area contributed by atoms with Gasteiger partial charge in [0.2, 0.25) is 10.0 Å². The van der Waals surface area contributed by atoms with Crippen molar-refractivity contribution in [2.24, 2.45) is 5.41 Å². The molecule has 0 aliphatic rings. The van der Waals surface area contributed by atoms with Crippen LogP contribution in [0.3, 0.4) is 0 Å². The highest BCUT2D eigenvalue weighted by Gasteiger charge is 2.20. The van der Waals surface area contributed by atoms with Gasteiger partial charge in [-0.3, -0.25) is 0 Å².